The molecule has 0 radical (unpaired) electrons. The highest BCUT2D eigenvalue weighted by Gasteiger charge is 2.34. The van der Waals surface area contributed by atoms with Gasteiger partial charge in [0.15, 0.2) is 0 Å². The Balaban J connectivity index is 1.68. The number of likely N-dealkylation sites (N-methyl/N-ethyl adjacent to an activating group) is 1. The maximum atomic E-state index is 12.8. The molecule has 7 heteroatoms. The average molecular weight is 326 g/mol. The van der Waals surface area contributed by atoms with E-state index in [4.69, 9.17) is 0 Å². The van der Waals surface area contributed by atoms with Gasteiger partial charge in [0.05, 0.1) is 11.8 Å². The van der Waals surface area contributed by atoms with Gasteiger partial charge in [-0.15, -0.1) is 0 Å². The van der Waals surface area contributed by atoms with Gasteiger partial charge in [0.1, 0.15) is 5.82 Å². The van der Waals surface area contributed by atoms with Gasteiger partial charge < -0.3 is 4.98 Å². The lowest BCUT2D eigenvalue weighted by atomic mass is 9.91. The van der Waals surface area contributed by atoms with Crippen LogP contribution in [0.3, 0.4) is 0 Å². The topological polar surface area (TPSA) is 69.3 Å². The van der Waals surface area contributed by atoms with E-state index >= 15 is 0 Å². The number of rotatable bonds is 4. The minimum atomic E-state index is -3.17. The average Bonchev–Trinajstić information content (AvgIpc) is 3.02. The number of aromatic amines is 1. The molecule has 2 heterocycles. The summed E-state index contributed by atoms with van der Waals surface area (Å²) in [5.41, 5.74) is 0. The molecule has 1 aliphatic carbocycles. The maximum Gasteiger partial charge on any atom is 0.214 e. The fourth-order valence-corrected chi connectivity index (χ4v) is 5.48. The minimum absolute atomic E-state index is 0.0184. The summed E-state index contributed by atoms with van der Waals surface area (Å²) in [6.45, 7) is 1.83. The third kappa shape index (κ3) is 3.52. The summed E-state index contributed by atoms with van der Waals surface area (Å²) in [5, 5.41) is 0. The standard InChI is InChI=1S/C15H26N4O2S/c1-18-9-10-19(11-14(18)15-16-7-8-17-15)22(20,21)12-13-5-3-2-4-6-13/h7-8,13-14H,2-6,9-12H2,1H3,(H,16,17). The molecule has 0 amide bonds. The number of nitrogens with zero attached hydrogens (tertiary/aromatic N) is 3. The fraction of sp³-hybridized carbons (Fsp3) is 0.800. The van der Waals surface area contributed by atoms with Crippen LogP contribution in [0.1, 0.15) is 44.0 Å². The Hall–Kier alpha value is -0.920. The third-order valence-electron chi connectivity index (χ3n) is 5.01. The zero-order valence-corrected chi connectivity index (χ0v) is 14.1. The van der Waals surface area contributed by atoms with Gasteiger partial charge in [-0.25, -0.2) is 13.4 Å². The van der Waals surface area contributed by atoms with Crippen LogP contribution in [0, 0.1) is 5.92 Å². The molecule has 1 atom stereocenters. The van der Waals surface area contributed by atoms with Crippen LogP contribution in [0.25, 0.3) is 0 Å². The summed E-state index contributed by atoms with van der Waals surface area (Å²) in [5.74, 6) is 1.52. The van der Waals surface area contributed by atoms with E-state index in [-0.39, 0.29) is 6.04 Å². The molecule has 124 valence electrons. The predicted octanol–water partition coefficient (Wildman–Crippen LogP) is 1.61. The van der Waals surface area contributed by atoms with Crippen molar-refractivity contribution in [3.63, 3.8) is 0 Å². The van der Waals surface area contributed by atoms with Gasteiger partial charge in [-0.05, 0) is 25.8 Å². The summed E-state index contributed by atoms with van der Waals surface area (Å²) in [7, 11) is -1.14. The Bertz CT molecular complexity index is 566. The molecule has 2 aliphatic rings. The van der Waals surface area contributed by atoms with E-state index in [0.29, 0.717) is 24.8 Å². The molecule has 1 unspecified atom stereocenters. The summed E-state index contributed by atoms with van der Waals surface area (Å²) >= 11 is 0. The van der Waals surface area contributed by atoms with Crippen molar-refractivity contribution >= 4 is 10.0 Å². The third-order valence-corrected chi connectivity index (χ3v) is 7.02. The number of sulfonamides is 1. The quantitative estimate of drug-likeness (QED) is 0.912. The molecule has 3 rings (SSSR count). The lowest BCUT2D eigenvalue weighted by Gasteiger charge is -2.38. The number of hydrogen-bond donors (Lipinski definition) is 1. The van der Waals surface area contributed by atoms with Crippen molar-refractivity contribution in [2.45, 2.75) is 38.1 Å². The molecule has 1 aromatic rings. The van der Waals surface area contributed by atoms with Gasteiger partial charge >= 0.3 is 0 Å². The molecule has 22 heavy (non-hydrogen) atoms. The second-order valence-corrected chi connectivity index (χ2v) is 8.62. The van der Waals surface area contributed by atoms with E-state index in [9.17, 15) is 8.42 Å². The number of nitrogens with one attached hydrogen (secondary N) is 1. The van der Waals surface area contributed by atoms with Crippen LogP contribution in [0.15, 0.2) is 12.4 Å². The first-order valence-electron chi connectivity index (χ1n) is 8.23. The Morgan fingerprint density at radius 1 is 1.27 bits per heavy atom. The highest BCUT2D eigenvalue weighted by Crippen LogP contribution is 2.28. The van der Waals surface area contributed by atoms with Gasteiger partial charge in [-0.2, -0.15) is 4.31 Å². The molecule has 0 aromatic carbocycles. The molecule has 2 fully saturated rings. The van der Waals surface area contributed by atoms with Crippen molar-refractivity contribution < 1.29 is 8.42 Å². The predicted molar refractivity (Wildman–Crippen MR) is 85.9 cm³/mol. The van der Waals surface area contributed by atoms with Crippen LogP contribution in [0.2, 0.25) is 0 Å². The monoisotopic (exact) mass is 326 g/mol. The Kier molecular flexibility index (Phi) is 4.84. The highest BCUT2D eigenvalue weighted by molar-refractivity contribution is 7.89. The van der Waals surface area contributed by atoms with E-state index < -0.39 is 10.0 Å². The second kappa shape index (κ2) is 6.68. The van der Waals surface area contributed by atoms with Crippen molar-refractivity contribution in [1.29, 1.82) is 0 Å². The fourth-order valence-electron chi connectivity index (χ4n) is 3.61. The zero-order chi connectivity index (χ0) is 15.6. The van der Waals surface area contributed by atoms with Gasteiger partial charge in [0.25, 0.3) is 0 Å². The first kappa shape index (κ1) is 16.0. The van der Waals surface area contributed by atoms with Gasteiger partial charge in [0.2, 0.25) is 10.0 Å². The molecular weight excluding hydrogens is 300 g/mol. The molecular formula is C15H26N4O2S. The summed E-state index contributed by atoms with van der Waals surface area (Å²) in [6, 6.07) is 0.0184. The molecule has 6 nitrogen and oxygen atoms in total. The lowest BCUT2D eigenvalue weighted by Crippen LogP contribution is -2.50. The van der Waals surface area contributed by atoms with Gasteiger partial charge in [0, 0.05) is 32.0 Å². The van der Waals surface area contributed by atoms with Crippen molar-refractivity contribution in [2.75, 3.05) is 32.4 Å². The van der Waals surface area contributed by atoms with Crippen molar-refractivity contribution in [2.24, 2.45) is 5.92 Å². The maximum absolute atomic E-state index is 12.8. The Labute approximate surface area is 133 Å². The van der Waals surface area contributed by atoms with E-state index in [2.05, 4.69) is 14.9 Å². The van der Waals surface area contributed by atoms with Crippen molar-refractivity contribution in [3.05, 3.63) is 18.2 Å². The summed E-state index contributed by atoms with van der Waals surface area (Å²) < 4.78 is 27.2. The van der Waals surface area contributed by atoms with Crippen LogP contribution in [0.4, 0.5) is 0 Å². The van der Waals surface area contributed by atoms with Gasteiger partial charge in [-0.3, -0.25) is 4.90 Å². The first-order chi connectivity index (χ1) is 10.6. The number of piperazine rings is 1. The highest BCUT2D eigenvalue weighted by atomic mass is 32.2. The molecule has 1 saturated heterocycles. The van der Waals surface area contributed by atoms with Crippen molar-refractivity contribution in [1.82, 2.24) is 19.2 Å². The van der Waals surface area contributed by atoms with Gasteiger partial charge in [-0.1, -0.05) is 19.3 Å². The second-order valence-electron chi connectivity index (χ2n) is 6.61. The summed E-state index contributed by atoms with van der Waals surface area (Å²) in [4.78, 5) is 9.59. The molecule has 1 N–H and O–H groups in total. The summed E-state index contributed by atoms with van der Waals surface area (Å²) in [6.07, 6.45) is 9.25. The Morgan fingerprint density at radius 2 is 2.05 bits per heavy atom. The van der Waals surface area contributed by atoms with Crippen LogP contribution in [-0.4, -0.2) is 60.0 Å². The molecule has 0 spiro atoms. The van der Waals surface area contributed by atoms with E-state index in [1.54, 1.807) is 16.7 Å². The molecule has 1 aliphatic heterocycles. The van der Waals surface area contributed by atoms with Crippen molar-refractivity contribution in [3.8, 4) is 0 Å². The van der Waals surface area contributed by atoms with Crippen LogP contribution < -0.4 is 0 Å². The first-order valence-corrected chi connectivity index (χ1v) is 9.84. The number of H-pyrrole nitrogens is 1. The molecule has 1 saturated carbocycles. The zero-order valence-electron chi connectivity index (χ0n) is 13.2. The normalized spacial score (nSPS) is 26.3. The largest absolute Gasteiger partial charge is 0.347 e. The Morgan fingerprint density at radius 3 is 2.73 bits per heavy atom. The van der Waals surface area contributed by atoms with E-state index in [0.717, 1.165) is 25.2 Å². The number of imidazole rings is 1. The molecule has 1 aromatic heterocycles. The number of aromatic nitrogens is 2. The smallest absolute Gasteiger partial charge is 0.214 e. The molecule has 0 bridgehead atoms. The van der Waals surface area contributed by atoms with Crippen LogP contribution in [-0.2, 0) is 10.0 Å². The van der Waals surface area contributed by atoms with E-state index in [1.807, 2.05) is 7.05 Å². The minimum Gasteiger partial charge on any atom is -0.347 e. The van der Waals surface area contributed by atoms with Crippen LogP contribution >= 0.6 is 0 Å². The number of hydrogen-bond acceptors (Lipinski definition) is 4. The SMILES string of the molecule is CN1CCN(S(=O)(=O)CC2CCCCC2)CC1c1ncc[nH]1. The lowest BCUT2D eigenvalue weighted by molar-refractivity contribution is 0.142. The van der Waals surface area contributed by atoms with E-state index in [1.165, 1.54) is 19.3 Å². The van der Waals surface area contributed by atoms with Crippen LogP contribution in [0.5, 0.6) is 0 Å².